The number of anilines is 2. The molecule has 0 radical (unpaired) electrons. The number of hydrogen-bond acceptors (Lipinski definition) is 5. The molecule has 3 heterocycles. The molecule has 2 aromatic heterocycles. The molecule has 24 heavy (non-hydrogen) atoms. The Morgan fingerprint density at radius 2 is 1.92 bits per heavy atom. The number of aromatic nitrogens is 1. The molecule has 2 N–H and O–H groups in total. The number of halogens is 1. The van der Waals surface area contributed by atoms with E-state index in [0.717, 1.165) is 23.3 Å². The Balaban J connectivity index is 1.69. The molecule has 0 bridgehead atoms. The van der Waals surface area contributed by atoms with E-state index in [4.69, 9.17) is 10.5 Å². The van der Waals surface area contributed by atoms with Crippen LogP contribution in [0.4, 0.5) is 15.1 Å². The quantitative estimate of drug-likeness (QED) is 0.694. The molecular formula is C18H18FN3OS. The van der Waals surface area contributed by atoms with Crippen LogP contribution < -0.4 is 15.4 Å². The van der Waals surface area contributed by atoms with Gasteiger partial charge in [-0.15, -0.1) is 11.3 Å². The molecule has 0 atom stereocenters. The fraction of sp³-hybridized carbons (Fsp3) is 0.278. The van der Waals surface area contributed by atoms with Crippen LogP contribution >= 0.6 is 11.3 Å². The Morgan fingerprint density at radius 1 is 1.08 bits per heavy atom. The van der Waals surface area contributed by atoms with E-state index in [1.54, 1.807) is 35.7 Å². The summed E-state index contributed by atoms with van der Waals surface area (Å²) in [5, 5.41) is 1.20. The minimum atomic E-state index is -0.465. The first-order chi connectivity index (χ1) is 11.7. The monoisotopic (exact) mass is 343 g/mol. The van der Waals surface area contributed by atoms with Gasteiger partial charge in [-0.25, -0.2) is 4.39 Å². The molecule has 0 aliphatic carbocycles. The van der Waals surface area contributed by atoms with E-state index in [1.807, 2.05) is 0 Å². The molecule has 1 saturated heterocycles. The first kappa shape index (κ1) is 15.2. The van der Waals surface area contributed by atoms with Gasteiger partial charge in [0.25, 0.3) is 0 Å². The molecule has 124 valence electrons. The summed E-state index contributed by atoms with van der Waals surface area (Å²) in [6.07, 6.45) is 5.44. The van der Waals surface area contributed by atoms with Gasteiger partial charge in [0, 0.05) is 37.1 Å². The standard InChI is InChI=1S/C18H18FN3OS/c19-13-10-12(20)4-5-15(13)23-16-6-7-21-14-11-17(24-18(14)16)22-8-2-1-3-9-22/h4-7,10-11H,1-3,8-9,20H2. The van der Waals surface area contributed by atoms with Crippen LogP contribution in [0, 0.1) is 5.82 Å². The molecule has 4 nitrogen and oxygen atoms in total. The Kier molecular flexibility index (Phi) is 3.98. The SMILES string of the molecule is Nc1ccc(Oc2ccnc3cc(N4CCCCC4)sc23)c(F)c1. The maximum absolute atomic E-state index is 14.0. The second kappa shape index (κ2) is 6.28. The zero-order valence-electron chi connectivity index (χ0n) is 13.2. The number of fused-ring (bicyclic) bond motifs is 1. The molecule has 0 spiro atoms. The van der Waals surface area contributed by atoms with Gasteiger partial charge >= 0.3 is 0 Å². The zero-order chi connectivity index (χ0) is 16.5. The van der Waals surface area contributed by atoms with Crippen molar-refractivity contribution in [2.75, 3.05) is 23.7 Å². The first-order valence-electron chi connectivity index (χ1n) is 8.07. The lowest BCUT2D eigenvalue weighted by molar-refractivity contribution is 0.447. The number of benzene rings is 1. The maximum Gasteiger partial charge on any atom is 0.167 e. The molecule has 3 aromatic rings. The van der Waals surface area contributed by atoms with Crippen molar-refractivity contribution in [1.29, 1.82) is 0 Å². The second-order valence-electron chi connectivity index (χ2n) is 5.95. The van der Waals surface area contributed by atoms with Gasteiger partial charge in [-0.3, -0.25) is 4.98 Å². The van der Waals surface area contributed by atoms with E-state index in [0.29, 0.717) is 11.4 Å². The first-order valence-corrected chi connectivity index (χ1v) is 8.89. The van der Waals surface area contributed by atoms with E-state index in [2.05, 4.69) is 16.0 Å². The van der Waals surface area contributed by atoms with Crippen LogP contribution in [0.1, 0.15) is 19.3 Å². The number of pyridine rings is 1. The van der Waals surface area contributed by atoms with E-state index >= 15 is 0 Å². The molecule has 0 unspecified atom stereocenters. The van der Waals surface area contributed by atoms with Gasteiger partial charge in [0.2, 0.25) is 0 Å². The summed E-state index contributed by atoms with van der Waals surface area (Å²) in [6, 6.07) is 8.31. The third-order valence-corrected chi connectivity index (χ3v) is 5.41. The number of rotatable bonds is 3. The maximum atomic E-state index is 14.0. The predicted octanol–water partition coefficient (Wildman–Crippen LogP) is 4.80. The van der Waals surface area contributed by atoms with Crippen molar-refractivity contribution in [3.05, 3.63) is 42.3 Å². The van der Waals surface area contributed by atoms with Crippen LogP contribution in [-0.2, 0) is 0 Å². The Hall–Kier alpha value is -2.34. The topological polar surface area (TPSA) is 51.4 Å². The van der Waals surface area contributed by atoms with E-state index < -0.39 is 5.82 Å². The number of hydrogen-bond donors (Lipinski definition) is 1. The number of nitrogens with two attached hydrogens (primary N) is 1. The summed E-state index contributed by atoms with van der Waals surface area (Å²) in [4.78, 5) is 6.82. The molecular weight excluding hydrogens is 325 g/mol. The smallest absolute Gasteiger partial charge is 0.167 e. The summed E-state index contributed by atoms with van der Waals surface area (Å²) in [5.74, 6) is 0.328. The lowest BCUT2D eigenvalue weighted by Gasteiger charge is -2.26. The van der Waals surface area contributed by atoms with Crippen molar-refractivity contribution in [1.82, 2.24) is 4.98 Å². The van der Waals surface area contributed by atoms with Crippen LogP contribution in [-0.4, -0.2) is 18.1 Å². The number of thiophene rings is 1. The molecule has 4 rings (SSSR count). The Morgan fingerprint density at radius 3 is 2.71 bits per heavy atom. The number of ether oxygens (including phenoxy) is 1. The molecule has 1 aliphatic rings. The van der Waals surface area contributed by atoms with Gasteiger partial charge in [-0.2, -0.15) is 0 Å². The zero-order valence-corrected chi connectivity index (χ0v) is 14.0. The van der Waals surface area contributed by atoms with Crippen LogP contribution in [0.5, 0.6) is 11.5 Å². The minimum Gasteiger partial charge on any atom is -0.453 e. The fourth-order valence-electron chi connectivity index (χ4n) is 2.97. The normalized spacial score (nSPS) is 15.0. The van der Waals surface area contributed by atoms with Crippen molar-refractivity contribution >= 4 is 32.2 Å². The van der Waals surface area contributed by atoms with Gasteiger partial charge in [0.1, 0.15) is 5.75 Å². The minimum absolute atomic E-state index is 0.171. The largest absolute Gasteiger partial charge is 0.453 e. The van der Waals surface area contributed by atoms with Crippen LogP contribution in [0.15, 0.2) is 36.5 Å². The van der Waals surface area contributed by atoms with Crippen molar-refractivity contribution < 1.29 is 9.13 Å². The van der Waals surface area contributed by atoms with Crippen molar-refractivity contribution in [2.45, 2.75) is 19.3 Å². The fourth-order valence-corrected chi connectivity index (χ4v) is 4.09. The molecule has 1 aromatic carbocycles. The van der Waals surface area contributed by atoms with Crippen molar-refractivity contribution in [3.63, 3.8) is 0 Å². The lowest BCUT2D eigenvalue weighted by Crippen LogP contribution is -2.28. The summed E-state index contributed by atoms with van der Waals surface area (Å²) in [6.45, 7) is 2.16. The van der Waals surface area contributed by atoms with E-state index in [1.165, 1.54) is 30.3 Å². The predicted molar refractivity (Wildman–Crippen MR) is 96.6 cm³/mol. The van der Waals surface area contributed by atoms with Crippen molar-refractivity contribution in [2.24, 2.45) is 0 Å². The molecule has 0 amide bonds. The van der Waals surface area contributed by atoms with Crippen LogP contribution in [0.2, 0.25) is 0 Å². The van der Waals surface area contributed by atoms with Crippen LogP contribution in [0.3, 0.4) is 0 Å². The molecule has 0 saturated carbocycles. The third-order valence-electron chi connectivity index (χ3n) is 4.21. The number of piperidine rings is 1. The highest BCUT2D eigenvalue weighted by Crippen LogP contribution is 2.40. The molecule has 6 heteroatoms. The van der Waals surface area contributed by atoms with Gasteiger partial charge in [-0.05, 0) is 37.5 Å². The number of nitrogen functional groups attached to an aromatic ring is 1. The summed E-state index contributed by atoms with van der Waals surface area (Å²) in [5.41, 5.74) is 6.85. The Bertz CT molecular complexity index is 874. The van der Waals surface area contributed by atoms with Gasteiger partial charge in [-0.1, -0.05) is 0 Å². The third kappa shape index (κ3) is 2.89. The molecule has 1 fully saturated rings. The average Bonchev–Trinajstić information content (AvgIpc) is 3.03. The summed E-state index contributed by atoms with van der Waals surface area (Å²) >= 11 is 1.65. The van der Waals surface area contributed by atoms with Gasteiger partial charge in [0.15, 0.2) is 11.6 Å². The highest BCUT2D eigenvalue weighted by Gasteiger charge is 2.17. The summed E-state index contributed by atoms with van der Waals surface area (Å²) < 4.78 is 20.7. The summed E-state index contributed by atoms with van der Waals surface area (Å²) in [7, 11) is 0. The molecule has 1 aliphatic heterocycles. The highest BCUT2D eigenvalue weighted by atomic mass is 32.1. The average molecular weight is 343 g/mol. The van der Waals surface area contributed by atoms with E-state index in [-0.39, 0.29) is 5.75 Å². The highest BCUT2D eigenvalue weighted by molar-refractivity contribution is 7.23. The van der Waals surface area contributed by atoms with Gasteiger partial charge in [0.05, 0.1) is 15.2 Å². The lowest BCUT2D eigenvalue weighted by atomic mass is 10.1. The Labute approximate surface area is 143 Å². The van der Waals surface area contributed by atoms with Gasteiger partial charge < -0.3 is 15.4 Å². The number of nitrogens with zero attached hydrogens (tertiary/aromatic N) is 2. The van der Waals surface area contributed by atoms with Crippen LogP contribution in [0.25, 0.3) is 10.2 Å². The van der Waals surface area contributed by atoms with Crippen molar-refractivity contribution in [3.8, 4) is 11.5 Å². The van der Waals surface area contributed by atoms with E-state index in [9.17, 15) is 4.39 Å². The second-order valence-corrected chi connectivity index (χ2v) is 6.98.